The molecule has 1 atom stereocenters. The van der Waals surface area contributed by atoms with Gasteiger partial charge in [-0.1, -0.05) is 22.0 Å². The fraction of sp³-hybridized carbons (Fsp3) is 0.143. The lowest BCUT2D eigenvalue weighted by molar-refractivity contribution is 0.464. The summed E-state index contributed by atoms with van der Waals surface area (Å²) in [6.07, 6.45) is -0.127. The van der Waals surface area contributed by atoms with Crippen molar-refractivity contribution in [3.05, 3.63) is 69.2 Å². The van der Waals surface area contributed by atoms with E-state index in [0.29, 0.717) is 6.07 Å². The predicted octanol–water partition coefficient (Wildman–Crippen LogP) is 3.75. The molecule has 0 aliphatic heterocycles. The first-order valence-corrected chi connectivity index (χ1v) is 6.76. The molecule has 0 amide bonds. The second kappa shape index (κ2) is 6.55. The van der Waals surface area contributed by atoms with E-state index in [-0.39, 0.29) is 22.0 Å². The second-order valence-electron chi connectivity index (χ2n) is 4.44. The Labute approximate surface area is 127 Å². The Bertz CT molecular complexity index is 640. The van der Waals surface area contributed by atoms with Gasteiger partial charge >= 0.3 is 0 Å². The highest BCUT2D eigenvalue weighted by molar-refractivity contribution is 9.10. The van der Waals surface area contributed by atoms with Gasteiger partial charge < -0.3 is 0 Å². The van der Waals surface area contributed by atoms with Crippen LogP contribution in [0.15, 0.2) is 34.8 Å². The molecule has 0 radical (unpaired) electrons. The van der Waals surface area contributed by atoms with Crippen molar-refractivity contribution in [2.45, 2.75) is 12.5 Å². The molecule has 0 aliphatic carbocycles. The first-order valence-electron chi connectivity index (χ1n) is 5.97. The molecule has 0 heterocycles. The van der Waals surface area contributed by atoms with Crippen molar-refractivity contribution < 1.29 is 17.6 Å². The van der Waals surface area contributed by atoms with Gasteiger partial charge in [0.05, 0.1) is 6.04 Å². The van der Waals surface area contributed by atoms with Crippen LogP contribution in [0.3, 0.4) is 0 Å². The molecule has 0 aliphatic rings. The van der Waals surface area contributed by atoms with Gasteiger partial charge in [-0.2, -0.15) is 0 Å². The van der Waals surface area contributed by atoms with Gasteiger partial charge in [-0.25, -0.2) is 17.6 Å². The molecule has 0 fully saturated rings. The van der Waals surface area contributed by atoms with E-state index >= 15 is 0 Å². The van der Waals surface area contributed by atoms with Crippen LogP contribution in [0.25, 0.3) is 0 Å². The van der Waals surface area contributed by atoms with Crippen molar-refractivity contribution in [2.24, 2.45) is 5.84 Å². The van der Waals surface area contributed by atoms with E-state index in [2.05, 4.69) is 21.4 Å². The molecule has 0 saturated carbocycles. The van der Waals surface area contributed by atoms with Crippen LogP contribution in [0.4, 0.5) is 17.6 Å². The topological polar surface area (TPSA) is 38.0 Å². The largest absolute Gasteiger partial charge is 0.271 e. The lowest BCUT2D eigenvalue weighted by atomic mass is 9.98. The zero-order chi connectivity index (χ0) is 15.6. The summed E-state index contributed by atoms with van der Waals surface area (Å²) < 4.78 is 54.5. The molecule has 2 aromatic carbocycles. The SMILES string of the molecule is NNC(Cc1ccc(F)cc1F)c1c(F)cc(Br)cc1F. The third-order valence-electron chi connectivity index (χ3n) is 3.03. The summed E-state index contributed by atoms with van der Waals surface area (Å²) in [6.45, 7) is 0. The van der Waals surface area contributed by atoms with Crippen LogP contribution in [0.1, 0.15) is 17.2 Å². The van der Waals surface area contributed by atoms with Crippen molar-refractivity contribution >= 4 is 15.9 Å². The Morgan fingerprint density at radius 2 is 1.62 bits per heavy atom. The van der Waals surface area contributed by atoms with Crippen molar-refractivity contribution in [2.75, 3.05) is 0 Å². The molecule has 0 saturated heterocycles. The molecule has 7 heteroatoms. The molecule has 3 N–H and O–H groups in total. The quantitative estimate of drug-likeness (QED) is 0.493. The van der Waals surface area contributed by atoms with Gasteiger partial charge in [0.25, 0.3) is 0 Å². The fourth-order valence-corrected chi connectivity index (χ4v) is 2.44. The average Bonchev–Trinajstić information content (AvgIpc) is 2.39. The molecule has 2 nitrogen and oxygen atoms in total. The number of nitrogens with two attached hydrogens (primary N) is 1. The van der Waals surface area contributed by atoms with Crippen LogP contribution in [-0.4, -0.2) is 0 Å². The summed E-state index contributed by atoms with van der Waals surface area (Å²) in [6, 6.07) is 4.17. The zero-order valence-corrected chi connectivity index (χ0v) is 12.2. The van der Waals surface area contributed by atoms with Crippen molar-refractivity contribution in [1.29, 1.82) is 0 Å². The van der Waals surface area contributed by atoms with E-state index < -0.39 is 29.3 Å². The molecule has 21 heavy (non-hydrogen) atoms. The fourth-order valence-electron chi connectivity index (χ4n) is 2.04. The van der Waals surface area contributed by atoms with Gasteiger partial charge in [0.15, 0.2) is 0 Å². The van der Waals surface area contributed by atoms with E-state index in [9.17, 15) is 17.6 Å². The van der Waals surface area contributed by atoms with E-state index in [1.807, 2.05) is 0 Å². The van der Waals surface area contributed by atoms with E-state index in [1.54, 1.807) is 0 Å². The average molecular weight is 363 g/mol. The normalized spacial score (nSPS) is 12.5. The minimum Gasteiger partial charge on any atom is -0.271 e. The highest BCUT2D eigenvalue weighted by atomic mass is 79.9. The first-order chi connectivity index (χ1) is 9.92. The Morgan fingerprint density at radius 3 is 2.14 bits per heavy atom. The number of rotatable bonds is 4. The number of hydrazine groups is 1. The van der Waals surface area contributed by atoms with E-state index in [0.717, 1.165) is 18.2 Å². The number of halogens is 5. The van der Waals surface area contributed by atoms with E-state index in [1.165, 1.54) is 6.07 Å². The number of nitrogens with one attached hydrogen (secondary N) is 1. The van der Waals surface area contributed by atoms with Crippen LogP contribution in [0, 0.1) is 23.3 Å². The van der Waals surface area contributed by atoms with Gasteiger partial charge in [0, 0.05) is 16.1 Å². The minimum atomic E-state index is -0.988. The Morgan fingerprint density at radius 1 is 1.00 bits per heavy atom. The Kier molecular flexibility index (Phi) is 4.97. The molecular formula is C14H11BrF4N2. The minimum absolute atomic E-state index is 0.0982. The summed E-state index contributed by atoms with van der Waals surface area (Å²) >= 11 is 2.97. The Hall–Kier alpha value is -1.44. The molecular weight excluding hydrogens is 352 g/mol. The summed E-state index contributed by atoms with van der Waals surface area (Å²) in [4.78, 5) is 0. The third-order valence-corrected chi connectivity index (χ3v) is 3.49. The monoisotopic (exact) mass is 362 g/mol. The highest BCUT2D eigenvalue weighted by Crippen LogP contribution is 2.27. The highest BCUT2D eigenvalue weighted by Gasteiger charge is 2.21. The van der Waals surface area contributed by atoms with Gasteiger partial charge in [0.1, 0.15) is 23.3 Å². The summed E-state index contributed by atoms with van der Waals surface area (Å²) in [5, 5.41) is 0. The zero-order valence-electron chi connectivity index (χ0n) is 10.6. The van der Waals surface area contributed by atoms with Gasteiger partial charge in [-0.3, -0.25) is 11.3 Å². The van der Waals surface area contributed by atoms with Gasteiger partial charge in [0.2, 0.25) is 0 Å². The standard InChI is InChI=1S/C14H11BrF4N2/c15-8-4-11(18)14(12(19)5-8)13(21-20)3-7-1-2-9(16)6-10(7)17/h1-2,4-6,13,21H,3,20H2. The molecule has 0 aromatic heterocycles. The number of hydrogen-bond acceptors (Lipinski definition) is 2. The first kappa shape index (κ1) is 15.9. The lowest BCUT2D eigenvalue weighted by Gasteiger charge is -2.18. The molecule has 0 spiro atoms. The van der Waals surface area contributed by atoms with Crippen LogP contribution in [0.5, 0.6) is 0 Å². The van der Waals surface area contributed by atoms with Crippen LogP contribution >= 0.6 is 15.9 Å². The summed E-state index contributed by atoms with van der Waals surface area (Å²) in [5.74, 6) is 2.17. The van der Waals surface area contributed by atoms with E-state index in [4.69, 9.17) is 5.84 Å². The summed E-state index contributed by atoms with van der Waals surface area (Å²) in [7, 11) is 0. The molecule has 2 aromatic rings. The molecule has 0 bridgehead atoms. The van der Waals surface area contributed by atoms with Crippen LogP contribution in [-0.2, 0) is 6.42 Å². The number of benzene rings is 2. The van der Waals surface area contributed by atoms with Gasteiger partial charge in [-0.15, -0.1) is 0 Å². The van der Waals surface area contributed by atoms with Gasteiger partial charge in [-0.05, 0) is 30.2 Å². The number of hydrogen-bond donors (Lipinski definition) is 2. The van der Waals surface area contributed by atoms with Crippen molar-refractivity contribution in [3.8, 4) is 0 Å². The predicted molar refractivity (Wildman–Crippen MR) is 74.2 cm³/mol. The molecule has 2 rings (SSSR count). The smallest absolute Gasteiger partial charge is 0.132 e. The van der Waals surface area contributed by atoms with Crippen molar-refractivity contribution in [3.63, 3.8) is 0 Å². The molecule has 1 unspecified atom stereocenters. The lowest BCUT2D eigenvalue weighted by Crippen LogP contribution is -2.31. The Balaban J connectivity index is 2.37. The molecule has 112 valence electrons. The van der Waals surface area contributed by atoms with Crippen LogP contribution < -0.4 is 11.3 Å². The maximum absolute atomic E-state index is 13.9. The maximum Gasteiger partial charge on any atom is 0.132 e. The van der Waals surface area contributed by atoms with Crippen LogP contribution in [0.2, 0.25) is 0 Å². The second-order valence-corrected chi connectivity index (χ2v) is 5.36. The van der Waals surface area contributed by atoms with Crippen molar-refractivity contribution in [1.82, 2.24) is 5.43 Å². The summed E-state index contributed by atoms with van der Waals surface area (Å²) in [5.41, 5.74) is 2.05. The maximum atomic E-state index is 13.9. The third kappa shape index (κ3) is 3.61.